The molecule has 0 fully saturated rings. The summed E-state index contributed by atoms with van der Waals surface area (Å²) in [5.41, 5.74) is 5.31. The van der Waals surface area contributed by atoms with Gasteiger partial charge in [-0.25, -0.2) is 0 Å². The standard InChI is InChI=1S/C10H17NO4S/c1-6(12)3-8(7(2)13)4-16-5-9(11)10(14)15/h8-9H,3-5,11H2,1-2H3,(H,14,15). The number of carboxylic acid groups (broad SMARTS) is 1. The van der Waals surface area contributed by atoms with E-state index in [1.54, 1.807) is 0 Å². The zero-order valence-corrected chi connectivity index (χ0v) is 10.3. The monoisotopic (exact) mass is 247 g/mol. The van der Waals surface area contributed by atoms with E-state index in [1.807, 2.05) is 0 Å². The molecule has 0 spiro atoms. The Morgan fingerprint density at radius 1 is 1.25 bits per heavy atom. The molecule has 2 atom stereocenters. The Kier molecular flexibility index (Phi) is 7.00. The fraction of sp³-hybridized carbons (Fsp3) is 0.700. The number of Topliss-reactive ketones (excluding diaryl/α,β-unsaturated/α-hetero) is 2. The Morgan fingerprint density at radius 2 is 1.81 bits per heavy atom. The predicted octanol–water partition coefficient (Wildman–Crippen LogP) is 0.316. The molecule has 5 nitrogen and oxygen atoms in total. The van der Waals surface area contributed by atoms with Crippen LogP contribution in [-0.4, -0.2) is 40.2 Å². The van der Waals surface area contributed by atoms with Crippen molar-refractivity contribution in [2.45, 2.75) is 26.3 Å². The Morgan fingerprint density at radius 3 is 2.19 bits per heavy atom. The SMILES string of the molecule is CC(=O)CC(CSCC(N)C(=O)O)C(C)=O. The first-order valence-corrected chi connectivity index (χ1v) is 6.06. The van der Waals surface area contributed by atoms with Crippen molar-refractivity contribution < 1.29 is 19.5 Å². The second-order valence-corrected chi connectivity index (χ2v) is 4.77. The highest BCUT2D eigenvalue weighted by Crippen LogP contribution is 2.14. The Balaban J connectivity index is 3.99. The topological polar surface area (TPSA) is 97.5 Å². The molecule has 0 amide bonds. The van der Waals surface area contributed by atoms with Crippen LogP contribution in [0.3, 0.4) is 0 Å². The van der Waals surface area contributed by atoms with Crippen LogP contribution in [0.4, 0.5) is 0 Å². The fourth-order valence-corrected chi connectivity index (χ4v) is 2.25. The second kappa shape index (κ2) is 7.40. The molecule has 6 heteroatoms. The van der Waals surface area contributed by atoms with Gasteiger partial charge in [0.15, 0.2) is 0 Å². The van der Waals surface area contributed by atoms with Crippen LogP contribution in [0, 0.1) is 5.92 Å². The molecule has 2 unspecified atom stereocenters. The van der Waals surface area contributed by atoms with E-state index in [0.29, 0.717) is 5.75 Å². The summed E-state index contributed by atoms with van der Waals surface area (Å²) in [6.07, 6.45) is 0.213. The first-order chi connectivity index (χ1) is 7.34. The largest absolute Gasteiger partial charge is 0.480 e. The Hall–Kier alpha value is -0.880. The van der Waals surface area contributed by atoms with E-state index in [2.05, 4.69) is 0 Å². The highest BCUT2D eigenvalue weighted by atomic mass is 32.2. The molecule has 0 rings (SSSR count). The van der Waals surface area contributed by atoms with Gasteiger partial charge in [-0.05, 0) is 13.8 Å². The minimum Gasteiger partial charge on any atom is -0.480 e. The molecule has 0 heterocycles. The van der Waals surface area contributed by atoms with Gasteiger partial charge in [0.05, 0.1) is 0 Å². The molecular weight excluding hydrogens is 230 g/mol. The molecule has 0 aliphatic carbocycles. The number of carbonyl (C=O) groups is 3. The quantitative estimate of drug-likeness (QED) is 0.641. The van der Waals surface area contributed by atoms with Crippen molar-refractivity contribution in [1.82, 2.24) is 0 Å². The van der Waals surface area contributed by atoms with Gasteiger partial charge < -0.3 is 15.6 Å². The molecule has 0 aliphatic heterocycles. The van der Waals surface area contributed by atoms with Gasteiger partial charge in [-0.15, -0.1) is 0 Å². The van der Waals surface area contributed by atoms with E-state index in [-0.39, 0.29) is 29.7 Å². The van der Waals surface area contributed by atoms with Gasteiger partial charge in [0.2, 0.25) is 0 Å². The van der Waals surface area contributed by atoms with Crippen LogP contribution in [0.25, 0.3) is 0 Å². The van der Waals surface area contributed by atoms with Gasteiger partial charge in [0.1, 0.15) is 17.6 Å². The zero-order valence-electron chi connectivity index (χ0n) is 9.43. The average Bonchev–Trinajstić information content (AvgIpc) is 2.14. The third-order valence-corrected chi connectivity index (χ3v) is 3.28. The smallest absolute Gasteiger partial charge is 0.321 e. The first-order valence-electron chi connectivity index (χ1n) is 4.90. The van der Waals surface area contributed by atoms with Crippen molar-refractivity contribution in [1.29, 1.82) is 0 Å². The van der Waals surface area contributed by atoms with Crippen LogP contribution in [0.1, 0.15) is 20.3 Å². The van der Waals surface area contributed by atoms with Crippen LogP contribution >= 0.6 is 11.8 Å². The van der Waals surface area contributed by atoms with Crippen LogP contribution in [0.15, 0.2) is 0 Å². The van der Waals surface area contributed by atoms with Crippen molar-refractivity contribution in [2.24, 2.45) is 11.7 Å². The number of nitrogens with two attached hydrogens (primary N) is 1. The molecule has 92 valence electrons. The van der Waals surface area contributed by atoms with E-state index in [9.17, 15) is 14.4 Å². The fourth-order valence-electron chi connectivity index (χ4n) is 1.08. The number of ketones is 2. The summed E-state index contributed by atoms with van der Waals surface area (Å²) in [6.45, 7) is 2.87. The lowest BCUT2D eigenvalue weighted by molar-refractivity contribution is -0.137. The number of thioether (sulfide) groups is 1. The maximum Gasteiger partial charge on any atom is 0.321 e. The van der Waals surface area contributed by atoms with Crippen LogP contribution in [-0.2, 0) is 14.4 Å². The first kappa shape index (κ1) is 15.1. The number of hydrogen-bond acceptors (Lipinski definition) is 5. The zero-order chi connectivity index (χ0) is 12.7. The summed E-state index contributed by atoms with van der Waals surface area (Å²) in [7, 11) is 0. The molecule has 0 aromatic rings. The summed E-state index contributed by atoms with van der Waals surface area (Å²) in [4.78, 5) is 32.5. The van der Waals surface area contributed by atoms with Gasteiger partial charge >= 0.3 is 5.97 Å². The van der Waals surface area contributed by atoms with Gasteiger partial charge in [0.25, 0.3) is 0 Å². The maximum absolute atomic E-state index is 11.2. The number of aliphatic carboxylic acids is 1. The van der Waals surface area contributed by atoms with E-state index in [4.69, 9.17) is 10.8 Å². The van der Waals surface area contributed by atoms with E-state index in [1.165, 1.54) is 25.6 Å². The van der Waals surface area contributed by atoms with Gasteiger partial charge in [-0.2, -0.15) is 11.8 Å². The highest BCUT2D eigenvalue weighted by molar-refractivity contribution is 7.99. The van der Waals surface area contributed by atoms with E-state index >= 15 is 0 Å². The summed E-state index contributed by atoms with van der Waals surface area (Å²) >= 11 is 1.29. The summed E-state index contributed by atoms with van der Waals surface area (Å²) in [6, 6.07) is -0.921. The van der Waals surface area contributed by atoms with Crippen molar-refractivity contribution in [3.63, 3.8) is 0 Å². The van der Waals surface area contributed by atoms with Gasteiger partial charge in [0, 0.05) is 23.8 Å². The van der Waals surface area contributed by atoms with Crippen LogP contribution < -0.4 is 5.73 Å². The average molecular weight is 247 g/mol. The molecule has 0 saturated heterocycles. The number of carbonyl (C=O) groups excluding carboxylic acids is 2. The normalized spacial score (nSPS) is 14.2. The second-order valence-electron chi connectivity index (χ2n) is 3.70. The highest BCUT2D eigenvalue weighted by Gasteiger charge is 2.18. The molecule has 0 radical (unpaired) electrons. The van der Waals surface area contributed by atoms with Crippen LogP contribution in [0.5, 0.6) is 0 Å². The number of rotatable bonds is 8. The van der Waals surface area contributed by atoms with E-state index < -0.39 is 12.0 Å². The van der Waals surface area contributed by atoms with Gasteiger partial charge in [-0.1, -0.05) is 0 Å². The third-order valence-electron chi connectivity index (χ3n) is 2.04. The summed E-state index contributed by atoms with van der Waals surface area (Å²) in [5.74, 6) is -0.788. The minimum absolute atomic E-state index is 0.0386. The summed E-state index contributed by atoms with van der Waals surface area (Å²) < 4.78 is 0. The lowest BCUT2D eigenvalue weighted by atomic mass is 10.0. The molecule has 0 saturated carbocycles. The predicted molar refractivity (Wildman–Crippen MR) is 62.4 cm³/mol. The molecule has 0 aromatic carbocycles. The molecule has 0 aliphatic rings. The van der Waals surface area contributed by atoms with Crippen molar-refractivity contribution in [2.75, 3.05) is 11.5 Å². The van der Waals surface area contributed by atoms with Crippen LogP contribution in [0.2, 0.25) is 0 Å². The van der Waals surface area contributed by atoms with Crippen molar-refractivity contribution in [3.8, 4) is 0 Å². The third kappa shape index (κ3) is 6.58. The molecular formula is C10H17NO4S. The Labute approximate surface area is 98.8 Å². The Bertz CT molecular complexity index is 280. The lowest BCUT2D eigenvalue weighted by Gasteiger charge is -2.12. The minimum atomic E-state index is -1.06. The van der Waals surface area contributed by atoms with Crippen molar-refractivity contribution >= 4 is 29.3 Å². The molecule has 3 N–H and O–H groups in total. The number of carboxylic acids is 1. The molecule has 0 aromatic heterocycles. The van der Waals surface area contributed by atoms with Gasteiger partial charge in [-0.3, -0.25) is 9.59 Å². The number of hydrogen-bond donors (Lipinski definition) is 2. The van der Waals surface area contributed by atoms with Crippen molar-refractivity contribution in [3.05, 3.63) is 0 Å². The molecule has 16 heavy (non-hydrogen) atoms. The summed E-state index contributed by atoms with van der Waals surface area (Å²) in [5, 5.41) is 8.54. The maximum atomic E-state index is 11.2. The van der Waals surface area contributed by atoms with E-state index in [0.717, 1.165) is 0 Å². The molecule has 0 bridgehead atoms. The lowest BCUT2D eigenvalue weighted by Crippen LogP contribution is -2.33.